The molecule has 2 rings (SSSR count). The first-order valence-electron chi connectivity index (χ1n) is 6.37. The summed E-state index contributed by atoms with van der Waals surface area (Å²) in [4.78, 5) is 10.8. The molecule has 2 aromatic rings. The Bertz CT molecular complexity index is 526. The van der Waals surface area contributed by atoms with Crippen LogP contribution in [0.1, 0.15) is 26.2 Å². The van der Waals surface area contributed by atoms with Crippen LogP contribution >= 0.6 is 0 Å². The van der Waals surface area contributed by atoms with Crippen LogP contribution in [0.25, 0.3) is 10.8 Å². The van der Waals surface area contributed by atoms with Gasteiger partial charge in [0, 0.05) is 11.8 Å². The van der Waals surface area contributed by atoms with E-state index in [1.165, 1.54) is 5.39 Å². The van der Waals surface area contributed by atoms with Crippen molar-refractivity contribution in [2.75, 3.05) is 6.61 Å². The predicted octanol–water partition coefficient (Wildman–Crippen LogP) is 3.98. The molecule has 2 nitrogen and oxygen atoms in total. The quantitative estimate of drug-likeness (QED) is 0.716. The maximum atomic E-state index is 10.8. The fourth-order valence-corrected chi connectivity index (χ4v) is 1.98. The van der Waals surface area contributed by atoms with Crippen LogP contribution in [-0.4, -0.2) is 12.4 Å². The van der Waals surface area contributed by atoms with Gasteiger partial charge in [-0.25, -0.2) is 0 Å². The highest BCUT2D eigenvalue weighted by Crippen LogP contribution is 2.25. The third-order valence-corrected chi connectivity index (χ3v) is 2.93. The van der Waals surface area contributed by atoms with Crippen molar-refractivity contribution in [1.29, 1.82) is 0 Å². The number of Topliss-reactive ketones (excluding diaryl/α,β-unsaturated/α-hetero) is 1. The summed E-state index contributed by atoms with van der Waals surface area (Å²) in [6.45, 7) is 2.30. The monoisotopic (exact) mass is 242 g/mol. The molecule has 0 fully saturated rings. The van der Waals surface area contributed by atoms with Crippen LogP contribution in [0.3, 0.4) is 0 Å². The van der Waals surface area contributed by atoms with E-state index >= 15 is 0 Å². The van der Waals surface area contributed by atoms with Crippen LogP contribution in [0, 0.1) is 0 Å². The number of benzene rings is 2. The second kappa shape index (κ2) is 6.20. The zero-order chi connectivity index (χ0) is 12.8. The van der Waals surface area contributed by atoms with Crippen molar-refractivity contribution in [2.24, 2.45) is 0 Å². The van der Waals surface area contributed by atoms with Gasteiger partial charge in [-0.2, -0.15) is 0 Å². The highest BCUT2D eigenvalue weighted by atomic mass is 16.5. The van der Waals surface area contributed by atoms with Gasteiger partial charge in [-0.05, 0) is 31.2 Å². The van der Waals surface area contributed by atoms with Gasteiger partial charge in [-0.15, -0.1) is 0 Å². The number of carbonyl (C=O) groups is 1. The van der Waals surface area contributed by atoms with Crippen molar-refractivity contribution in [3.8, 4) is 5.75 Å². The van der Waals surface area contributed by atoms with Gasteiger partial charge in [0.1, 0.15) is 11.5 Å². The first kappa shape index (κ1) is 12.6. The Morgan fingerprint density at radius 3 is 2.67 bits per heavy atom. The molecule has 2 heteroatoms. The predicted molar refractivity (Wildman–Crippen MR) is 74.0 cm³/mol. The van der Waals surface area contributed by atoms with Gasteiger partial charge in [-0.1, -0.05) is 36.4 Å². The summed E-state index contributed by atoms with van der Waals surface area (Å²) < 4.78 is 5.79. The van der Waals surface area contributed by atoms with E-state index in [4.69, 9.17) is 4.74 Å². The molecule has 0 aliphatic carbocycles. The summed E-state index contributed by atoms with van der Waals surface area (Å²) in [6, 6.07) is 14.3. The molecule has 0 radical (unpaired) electrons. The van der Waals surface area contributed by atoms with E-state index in [0.717, 1.165) is 24.0 Å². The zero-order valence-corrected chi connectivity index (χ0v) is 10.7. The van der Waals surface area contributed by atoms with Crippen LogP contribution < -0.4 is 4.74 Å². The fourth-order valence-electron chi connectivity index (χ4n) is 1.98. The van der Waals surface area contributed by atoms with E-state index in [0.29, 0.717) is 13.0 Å². The molecule has 0 N–H and O–H groups in total. The number of carbonyl (C=O) groups excluding carboxylic acids is 1. The molecule has 94 valence electrons. The van der Waals surface area contributed by atoms with E-state index in [2.05, 4.69) is 18.2 Å². The Balaban J connectivity index is 1.93. The van der Waals surface area contributed by atoms with Gasteiger partial charge >= 0.3 is 0 Å². The fraction of sp³-hybridized carbons (Fsp3) is 0.312. The van der Waals surface area contributed by atoms with E-state index < -0.39 is 0 Å². The van der Waals surface area contributed by atoms with Crippen LogP contribution in [0.4, 0.5) is 0 Å². The lowest BCUT2D eigenvalue weighted by atomic mass is 10.1. The maximum absolute atomic E-state index is 10.8. The van der Waals surface area contributed by atoms with E-state index in [9.17, 15) is 4.79 Å². The van der Waals surface area contributed by atoms with Crippen LogP contribution in [0.15, 0.2) is 42.5 Å². The second-order valence-electron chi connectivity index (χ2n) is 4.48. The summed E-state index contributed by atoms with van der Waals surface area (Å²) in [7, 11) is 0. The van der Waals surface area contributed by atoms with E-state index in [-0.39, 0.29) is 5.78 Å². The molecular weight excluding hydrogens is 224 g/mol. The average molecular weight is 242 g/mol. The Labute approximate surface area is 108 Å². The smallest absolute Gasteiger partial charge is 0.129 e. The van der Waals surface area contributed by atoms with E-state index in [1.807, 2.05) is 24.3 Å². The number of hydrogen-bond donors (Lipinski definition) is 0. The number of hydrogen-bond acceptors (Lipinski definition) is 2. The number of ketones is 1. The molecule has 2 aromatic carbocycles. The Morgan fingerprint density at radius 1 is 1.06 bits per heavy atom. The minimum absolute atomic E-state index is 0.250. The standard InChI is InChI=1S/C16H18O2/c1-13(17)7-4-5-12-18-16-11-6-9-14-8-2-3-10-15(14)16/h2-3,6,8-11H,4-5,7,12H2,1H3. The molecule has 0 saturated carbocycles. The maximum Gasteiger partial charge on any atom is 0.129 e. The average Bonchev–Trinajstić information content (AvgIpc) is 2.38. The molecule has 0 atom stereocenters. The van der Waals surface area contributed by atoms with Gasteiger partial charge in [0.05, 0.1) is 6.61 Å². The van der Waals surface area contributed by atoms with Gasteiger partial charge in [0.15, 0.2) is 0 Å². The summed E-state index contributed by atoms with van der Waals surface area (Å²) in [5.74, 6) is 1.18. The minimum atomic E-state index is 0.250. The first-order valence-corrected chi connectivity index (χ1v) is 6.37. The Kier molecular flexibility index (Phi) is 4.35. The molecule has 0 amide bonds. The highest BCUT2D eigenvalue weighted by Gasteiger charge is 2.01. The molecule has 0 bridgehead atoms. The van der Waals surface area contributed by atoms with Gasteiger partial charge < -0.3 is 9.53 Å². The van der Waals surface area contributed by atoms with Gasteiger partial charge in [0.2, 0.25) is 0 Å². The highest BCUT2D eigenvalue weighted by molar-refractivity contribution is 5.88. The SMILES string of the molecule is CC(=O)CCCCOc1cccc2ccccc12. The third-order valence-electron chi connectivity index (χ3n) is 2.93. The summed E-state index contributed by atoms with van der Waals surface area (Å²) >= 11 is 0. The number of unbranched alkanes of at least 4 members (excludes halogenated alkanes) is 1. The molecule has 0 aliphatic heterocycles. The van der Waals surface area contributed by atoms with Crippen molar-refractivity contribution in [2.45, 2.75) is 26.2 Å². The lowest BCUT2D eigenvalue weighted by Gasteiger charge is -2.08. The molecule has 0 saturated heterocycles. The van der Waals surface area contributed by atoms with Crippen molar-refractivity contribution in [3.63, 3.8) is 0 Å². The van der Waals surface area contributed by atoms with Crippen molar-refractivity contribution >= 4 is 16.6 Å². The molecule has 0 spiro atoms. The lowest BCUT2D eigenvalue weighted by molar-refractivity contribution is -0.117. The third kappa shape index (κ3) is 3.33. The van der Waals surface area contributed by atoms with Crippen LogP contribution in [0.5, 0.6) is 5.75 Å². The summed E-state index contributed by atoms with van der Waals surface area (Å²) in [5.41, 5.74) is 0. The normalized spacial score (nSPS) is 10.5. The topological polar surface area (TPSA) is 26.3 Å². The summed E-state index contributed by atoms with van der Waals surface area (Å²) in [6.07, 6.45) is 2.47. The van der Waals surface area contributed by atoms with Crippen LogP contribution in [0.2, 0.25) is 0 Å². The summed E-state index contributed by atoms with van der Waals surface area (Å²) in [5, 5.41) is 2.34. The lowest BCUT2D eigenvalue weighted by Crippen LogP contribution is -1.99. The number of ether oxygens (including phenoxy) is 1. The van der Waals surface area contributed by atoms with E-state index in [1.54, 1.807) is 6.92 Å². The van der Waals surface area contributed by atoms with Crippen molar-refractivity contribution < 1.29 is 9.53 Å². The Morgan fingerprint density at radius 2 is 1.83 bits per heavy atom. The zero-order valence-electron chi connectivity index (χ0n) is 10.7. The van der Waals surface area contributed by atoms with Gasteiger partial charge in [0.25, 0.3) is 0 Å². The molecule has 0 aromatic heterocycles. The number of rotatable bonds is 6. The second-order valence-corrected chi connectivity index (χ2v) is 4.48. The first-order chi connectivity index (χ1) is 8.77. The van der Waals surface area contributed by atoms with Crippen molar-refractivity contribution in [1.82, 2.24) is 0 Å². The molecule has 0 unspecified atom stereocenters. The number of fused-ring (bicyclic) bond motifs is 1. The molecule has 18 heavy (non-hydrogen) atoms. The molecule has 0 heterocycles. The van der Waals surface area contributed by atoms with Gasteiger partial charge in [-0.3, -0.25) is 0 Å². The largest absolute Gasteiger partial charge is 0.493 e. The minimum Gasteiger partial charge on any atom is -0.493 e. The molecule has 0 aliphatic rings. The van der Waals surface area contributed by atoms with Crippen LogP contribution in [-0.2, 0) is 4.79 Å². The molecular formula is C16H18O2. The Hall–Kier alpha value is -1.83. The van der Waals surface area contributed by atoms with Crippen molar-refractivity contribution in [3.05, 3.63) is 42.5 Å².